The van der Waals surface area contributed by atoms with Crippen LogP contribution in [0.4, 0.5) is 0 Å². The second kappa shape index (κ2) is 5.15. The number of aryl methyl sites for hydroxylation is 2. The lowest BCUT2D eigenvalue weighted by molar-refractivity contribution is 0.606. The fraction of sp³-hybridized carbons (Fsp3) is 0.727. The van der Waals surface area contributed by atoms with Gasteiger partial charge in [-0.05, 0) is 38.3 Å². The van der Waals surface area contributed by atoms with E-state index in [-0.39, 0.29) is 0 Å². The monoisotopic (exact) mass is 195 g/mol. The molecule has 0 saturated carbocycles. The number of aromatic nitrogens is 2. The van der Waals surface area contributed by atoms with Gasteiger partial charge in [-0.3, -0.25) is 5.10 Å². The van der Waals surface area contributed by atoms with Gasteiger partial charge in [-0.1, -0.05) is 13.8 Å². The molecule has 1 unspecified atom stereocenters. The summed E-state index contributed by atoms with van der Waals surface area (Å²) in [6, 6.07) is 0. The van der Waals surface area contributed by atoms with Gasteiger partial charge in [0.05, 0.1) is 5.69 Å². The van der Waals surface area contributed by atoms with Crippen molar-refractivity contribution in [3.8, 4) is 0 Å². The topological polar surface area (TPSA) is 40.7 Å². The fourth-order valence-electron chi connectivity index (χ4n) is 1.88. The van der Waals surface area contributed by atoms with Crippen LogP contribution < -0.4 is 5.32 Å². The Bertz CT molecular complexity index is 259. The van der Waals surface area contributed by atoms with Crippen LogP contribution in [0.25, 0.3) is 0 Å². The van der Waals surface area contributed by atoms with Crippen molar-refractivity contribution in [1.29, 1.82) is 0 Å². The minimum atomic E-state index is 0.542. The molecule has 0 amide bonds. The SMILES string of the molecule is CCCNCC(C)c1c(C)n[nH]c1C. The average Bonchev–Trinajstić information content (AvgIpc) is 2.46. The Labute approximate surface area is 86.3 Å². The van der Waals surface area contributed by atoms with E-state index in [0.29, 0.717) is 5.92 Å². The largest absolute Gasteiger partial charge is 0.316 e. The molecule has 1 aromatic rings. The summed E-state index contributed by atoms with van der Waals surface area (Å²) in [6.07, 6.45) is 1.19. The van der Waals surface area contributed by atoms with Crippen molar-refractivity contribution in [2.75, 3.05) is 13.1 Å². The van der Waals surface area contributed by atoms with Gasteiger partial charge in [-0.2, -0.15) is 5.10 Å². The summed E-state index contributed by atoms with van der Waals surface area (Å²) in [7, 11) is 0. The molecule has 3 heteroatoms. The minimum absolute atomic E-state index is 0.542. The maximum atomic E-state index is 4.21. The van der Waals surface area contributed by atoms with E-state index in [9.17, 15) is 0 Å². The van der Waals surface area contributed by atoms with Crippen molar-refractivity contribution in [1.82, 2.24) is 15.5 Å². The highest BCUT2D eigenvalue weighted by Crippen LogP contribution is 2.20. The molecular formula is C11H21N3. The molecule has 2 N–H and O–H groups in total. The molecule has 80 valence electrons. The molecule has 0 spiro atoms. The molecule has 3 nitrogen and oxygen atoms in total. The quantitative estimate of drug-likeness (QED) is 0.707. The summed E-state index contributed by atoms with van der Waals surface area (Å²) in [6.45, 7) is 10.7. The van der Waals surface area contributed by atoms with Gasteiger partial charge in [0.1, 0.15) is 0 Å². The van der Waals surface area contributed by atoms with Gasteiger partial charge < -0.3 is 5.32 Å². The van der Waals surface area contributed by atoms with E-state index in [2.05, 4.69) is 43.2 Å². The van der Waals surface area contributed by atoms with E-state index in [4.69, 9.17) is 0 Å². The second-order valence-corrected chi connectivity index (χ2v) is 3.95. The molecule has 0 aliphatic carbocycles. The predicted octanol–water partition coefficient (Wildman–Crippen LogP) is 2.13. The van der Waals surface area contributed by atoms with Crippen molar-refractivity contribution in [2.24, 2.45) is 0 Å². The molecule has 0 aliphatic heterocycles. The number of hydrogen-bond acceptors (Lipinski definition) is 2. The highest BCUT2D eigenvalue weighted by atomic mass is 15.1. The number of H-pyrrole nitrogens is 1. The molecule has 0 aromatic carbocycles. The van der Waals surface area contributed by atoms with Gasteiger partial charge >= 0.3 is 0 Å². The Morgan fingerprint density at radius 3 is 2.64 bits per heavy atom. The summed E-state index contributed by atoms with van der Waals surface area (Å²) in [5.74, 6) is 0.542. The third-order valence-electron chi connectivity index (χ3n) is 2.56. The van der Waals surface area contributed by atoms with Crippen LogP contribution in [0.15, 0.2) is 0 Å². The molecule has 1 rings (SSSR count). The molecule has 1 atom stereocenters. The summed E-state index contributed by atoms with van der Waals surface area (Å²) < 4.78 is 0. The number of rotatable bonds is 5. The lowest BCUT2D eigenvalue weighted by atomic mass is 9.99. The van der Waals surface area contributed by atoms with Gasteiger partial charge in [0.15, 0.2) is 0 Å². The van der Waals surface area contributed by atoms with E-state index in [1.165, 1.54) is 17.7 Å². The Morgan fingerprint density at radius 1 is 1.43 bits per heavy atom. The minimum Gasteiger partial charge on any atom is -0.316 e. The highest BCUT2D eigenvalue weighted by Gasteiger charge is 2.13. The van der Waals surface area contributed by atoms with Crippen molar-refractivity contribution in [3.05, 3.63) is 17.0 Å². The first-order valence-electron chi connectivity index (χ1n) is 5.39. The van der Waals surface area contributed by atoms with E-state index >= 15 is 0 Å². The first-order valence-corrected chi connectivity index (χ1v) is 5.39. The van der Waals surface area contributed by atoms with E-state index in [0.717, 1.165) is 18.8 Å². The molecule has 0 fully saturated rings. The Morgan fingerprint density at radius 2 is 2.14 bits per heavy atom. The molecule has 0 radical (unpaired) electrons. The summed E-state index contributed by atoms with van der Waals surface area (Å²) in [5.41, 5.74) is 3.70. The fourth-order valence-corrected chi connectivity index (χ4v) is 1.88. The number of nitrogens with zero attached hydrogens (tertiary/aromatic N) is 1. The smallest absolute Gasteiger partial charge is 0.0629 e. The Balaban J connectivity index is 2.55. The van der Waals surface area contributed by atoms with Crippen molar-refractivity contribution >= 4 is 0 Å². The van der Waals surface area contributed by atoms with Gasteiger partial charge in [-0.15, -0.1) is 0 Å². The summed E-state index contributed by atoms with van der Waals surface area (Å²) in [4.78, 5) is 0. The third kappa shape index (κ3) is 2.58. The maximum absolute atomic E-state index is 4.21. The van der Waals surface area contributed by atoms with Crippen LogP contribution in [-0.2, 0) is 0 Å². The number of nitrogens with one attached hydrogen (secondary N) is 2. The molecular weight excluding hydrogens is 174 g/mol. The molecule has 1 aromatic heterocycles. The number of aromatic amines is 1. The number of hydrogen-bond donors (Lipinski definition) is 2. The van der Waals surface area contributed by atoms with E-state index in [1.54, 1.807) is 0 Å². The zero-order chi connectivity index (χ0) is 10.6. The van der Waals surface area contributed by atoms with Gasteiger partial charge in [0, 0.05) is 12.2 Å². The van der Waals surface area contributed by atoms with Crippen LogP contribution in [0.1, 0.15) is 43.1 Å². The third-order valence-corrected chi connectivity index (χ3v) is 2.56. The average molecular weight is 195 g/mol. The Hall–Kier alpha value is -0.830. The van der Waals surface area contributed by atoms with Crippen molar-refractivity contribution in [3.63, 3.8) is 0 Å². The van der Waals surface area contributed by atoms with Crippen LogP contribution in [-0.4, -0.2) is 23.3 Å². The second-order valence-electron chi connectivity index (χ2n) is 3.95. The van der Waals surface area contributed by atoms with Crippen LogP contribution in [0.3, 0.4) is 0 Å². The zero-order valence-electron chi connectivity index (χ0n) is 9.65. The zero-order valence-corrected chi connectivity index (χ0v) is 9.65. The highest BCUT2D eigenvalue weighted by molar-refractivity contribution is 5.27. The molecule has 14 heavy (non-hydrogen) atoms. The summed E-state index contributed by atoms with van der Waals surface area (Å²) >= 11 is 0. The van der Waals surface area contributed by atoms with Crippen LogP contribution in [0.2, 0.25) is 0 Å². The molecule has 0 aliphatic rings. The predicted molar refractivity (Wildman–Crippen MR) is 59.6 cm³/mol. The van der Waals surface area contributed by atoms with Crippen LogP contribution in [0.5, 0.6) is 0 Å². The molecule has 1 heterocycles. The van der Waals surface area contributed by atoms with Gasteiger partial charge in [0.25, 0.3) is 0 Å². The molecule has 0 saturated heterocycles. The first kappa shape index (κ1) is 11.2. The molecule has 0 bridgehead atoms. The Kier molecular flexibility index (Phi) is 4.14. The standard InChI is InChI=1S/C11H21N3/c1-5-6-12-7-8(2)11-9(3)13-14-10(11)4/h8,12H,5-7H2,1-4H3,(H,13,14). The van der Waals surface area contributed by atoms with Crippen LogP contribution in [0, 0.1) is 13.8 Å². The van der Waals surface area contributed by atoms with Crippen molar-refractivity contribution < 1.29 is 0 Å². The van der Waals surface area contributed by atoms with E-state index < -0.39 is 0 Å². The van der Waals surface area contributed by atoms with Crippen molar-refractivity contribution in [2.45, 2.75) is 40.0 Å². The first-order chi connectivity index (χ1) is 6.66. The maximum Gasteiger partial charge on any atom is 0.0629 e. The normalized spacial score (nSPS) is 13.1. The van der Waals surface area contributed by atoms with E-state index in [1.807, 2.05) is 0 Å². The summed E-state index contributed by atoms with van der Waals surface area (Å²) in [5, 5.41) is 10.7. The van der Waals surface area contributed by atoms with Gasteiger partial charge in [0.2, 0.25) is 0 Å². The lowest BCUT2D eigenvalue weighted by Crippen LogP contribution is -2.21. The lowest BCUT2D eigenvalue weighted by Gasteiger charge is -2.12. The van der Waals surface area contributed by atoms with Gasteiger partial charge in [-0.25, -0.2) is 0 Å². The van der Waals surface area contributed by atoms with Crippen LogP contribution >= 0.6 is 0 Å².